The Bertz CT molecular complexity index is 718. The van der Waals surface area contributed by atoms with E-state index >= 15 is 0 Å². The van der Waals surface area contributed by atoms with Crippen molar-refractivity contribution < 1.29 is 23.8 Å². The first-order chi connectivity index (χ1) is 11.4. The van der Waals surface area contributed by atoms with Crippen LogP contribution in [0.25, 0.3) is 0 Å². The Morgan fingerprint density at radius 1 is 1.21 bits per heavy atom. The smallest absolute Gasteiger partial charge is 0.337 e. The Hall–Kier alpha value is -2.60. The fourth-order valence-corrected chi connectivity index (χ4v) is 2.44. The molecule has 0 saturated heterocycles. The second kappa shape index (κ2) is 7.79. The average Bonchev–Trinajstić information content (AvgIpc) is 2.92. The number of rotatable bonds is 6. The van der Waals surface area contributed by atoms with Gasteiger partial charge in [0, 0.05) is 17.7 Å². The number of ether oxygens (including phenoxy) is 1. The first-order valence-corrected chi connectivity index (χ1v) is 7.64. The Kier molecular flexibility index (Phi) is 5.76. The number of benzene rings is 1. The number of esters is 1. The third kappa shape index (κ3) is 4.23. The lowest BCUT2D eigenvalue weighted by Crippen LogP contribution is -2.25. The summed E-state index contributed by atoms with van der Waals surface area (Å²) in [7, 11) is 1.30. The second-order valence-corrected chi connectivity index (χ2v) is 5.50. The molecule has 2 N–H and O–H groups in total. The summed E-state index contributed by atoms with van der Waals surface area (Å²) in [5.74, 6) is 0.718. The number of furan rings is 1. The summed E-state index contributed by atoms with van der Waals surface area (Å²) >= 11 is 0. The van der Waals surface area contributed by atoms with Gasteiger partial charge in [-0.3, -0.25) is 4.79 Å². The van der Waals surface area contributed by atoms with Crippen molar-refractivity contribution in [3.8, 4) is 0 Å². The maximum atomic E-state index is 12.1. The van der Waals surface area contributed by atoms with Crippen molar-refractivity contribution in [1.29, 1.82) is 0 Å². The van der Waals surface area contributed by atoms with Gasteiger partial charge in [0.1, 0.15) is 11.5 Å². The molecule has 1 atom stereocenters. The summed E-state index contributed by atoms with van der Waals surface area (Å²) in [6, 6.07) is 7.98. The summed E-state index contributed by atoms with van der Waals surface area (Å²) in [6.07, 6.45) is -0.310. The van der Waals surface area contributed by atoms with Crippen LogP contribution in [-0.4, -0.2) is 30.6 Å². The van der Waals surface area contributed by atoms with Crippen LogP contribution in [0.2, 0.25) is 0 Å². The zero-order valence-corrected chi connectivity index (χ0v) is 14.0. The van der Waals surface area contributed by atoms with E-state index in [0.717, 1.165) is 11.3 Å². The van der Waals surface area contributed by atoms with Crippen molar-refractivity contribution in [2.75, 3.05) is 13.7 Å². The summed E-state index contributed by atoms with van der Waals surface area (Å²) in [5.41, 5.74) is 1.56. The van der Waals surface area contributed by atoms with Gasteiger partial charge in [-0.15, -0.1) is 0 Å². The highest BCUT2D eigenvalue weighted by atomic mass is 16.5. The molecule has 1 heterocycles. The third-order valence-corrected chi connectivity index (χ3v) is 3.71. The van der Waals surface area contributed by atoms with E-state index in [4.69, 9.17) is 4.42 Å². The van der Waals surface area contributed by atoms with E-state index in [2.05, 4.69) is 10.1 Å². The number of aliphatic hydroxyl groups excluding tert-OH is 1. The highest BCUT2D eigenvalue weighted by Crippen LogP contribution is 2.23. The van der Waals surface area contributed by atoms with Crippen molar-refractivity contribution in [3.63, 3.8) is 0 Å². The van der Waals surface area contributed by atoms with E-state index < -0.39 is 12.1 Å². The van der Waals surface area contributed by atoms with Crippen molar-refractivity contribution in [2.45, 2.75) is 26.4 Å². The standard InChI is InChI=1S/C18H21NO5/c1-11-10-15(12(2)24-11)16(20)8-9-19-17(21)13-4-6-14(7-5-13)18(22)23-3/h4-7,10,16,20H,8-9H2,1-3H3,(H,19,21)/t16-/m1/s1. The molecule has 2 rings (SSSR count). The van der Waals surface area contributed by atoms with E-state index in [9.17, 15) is 14.7 Å². The lowest BCUT2D eigenvalue weighted by atomic mass is 10.1. The van der Waals surface area contributed by atoms with Crippen LogP contribution in [0, 0.1) is 13.8 Å². The van der Waals surface area contributed by atoms with Crippen LogP contribution >= 0.6 is 0 Å². The summed E-state index contributed by atoms with van der Waals surface area (Å²) in [6.45, 7) is 3.94. The van der Waals surface area contributed by atoms with Gasteiger partial charge in [-0.2, -0.15) is 0 Å². The Balaban J connectivity index is 1.87. The van der Waals surface area contributed by atoms with Gasteiger partial charge >= 0.3 is 5.97 Å². The summed E-state index contributed by atoms with van der Waals surface area (Å²) < 4.78 is 9.99. The van der Waals surface area contributed by atoms with Gasteiger partial charge in [0.15, 0.2) is 0 Å². The van der Waals surface area contributed by atoms with Gasteiger partial charge in [-0.05, 0) is 50.6 Å². The lowest BCUT2D eigenvalue weighted by molar-refractivity contribution is 0.0600. The molecule has 0 spiro atoms. The van der Waals surface area contributed by atoms with Crippen molar-refractivity contribution in [3.05, 3.63) is 58.5 Å². The molecule has 6 nitrogen and oxygen atoms in total. The van der Waals surface area contributed by atoms with Gasteiger partial charge in [-0.25, -0.2) is 4.79 Å². The molecule has 1 amide bonds. The molecular formula is C18H21NO5. The largest absolute Gasteiger partial charge is 0.466 e. The maximum absolute atomic E-state index is 12.1. The van der Waals surface area contributed by atoms with Crippen LogP contribution in [0.3, 0.4) is 0 Å². The molecule has 24 heavy (non-hydrogen) atoms. The zero-order valence-electron chi connectivity index (χ0n) is 14.0. The predicted molar refractivity (Wildman–Crippen MR) is 87.9 cm³/mol. The zero-order chi connectivity index (χ0) is 17.7. The number of carbonyl (C=O) groups excluding carboxylic acids is 2. The molecule has 0 bridgehead atoms. The summed E-state index contributed by atoms with van der Waals surface area (Å²) in [4.78, 5) is 23.4. The number of aliphatic hydroxyl groups is 1. The fraction of sp³-hybridized carbons (Fsp3) is 0.333. The molecule has 128 valence electrons. The molecule has 0 saturated carbocycles. The first kappa shape index (κ1) is 17.7. The van der Waals surface area contributed by atoms with Crippen LogP contribution < -0.4 is 5.32 Å². The molecule has 6 heteroatoms. The average molecular weight is 331 g/mol. The SMILES string of the molecule is COC(=O)c1ccc(C(=O)NCC[C@@H](O)c2cc(C)oc2C)cc1. The Morgan fingerprint density at radius 2 is 1.83 bits per heavy atom. The molecule has 2 aromatic rings. The number of carbonyl (C=O) groups is 2. The van der Waals surface area contributed by atoms with E-state index in [1.54, 1.807) is 25.1 Å². The van der Waals surface area contributed by atoms with Crippen molar-refractivity contribution in [1.82, 2.24) is 5.32 Å². The molecule has 1 aromatic heterocycles. The van der Waals surface area contributed by atoms with Crippen LogP contribution in [0.4, 0.5) is 0 Å². The minimum atomic E-state index is -0.690. The van der Waals surface area contributed by atoms with Crippen LogP contribution in [0.1, 0.15) is 50.3 Å². The van der Waals surface area contributed by atoms with E-state index in [1.165, 1.54) is 19.2 Å². The number of hydrogen-bond acceptors (Lipinski definition) is 5. The van der Waals surface area contributed by atoms with Crippen LogP contribution in [0.5, 0.6) is 0 Å². The molecule has 0 fully saturated rings. The molecule has 0 aliphatic heterocycles. The predicted octanol–water partition coefficient (Wildman–Crippen LogP) is 2.54. The Labute approximate surface area is 140 Å². The van der Waals surface area contributed by atoms with E-state index in [1.807, 2.05) is 6.92 Å². The number of nitrogens with one attached hydrogen (secondary N) is 1. The molecule has 1 aromatic carbocycles. The Morgan fingerprint density at radius 3 is 2.38 bits per heavy atom. The van der Waals surface area contributed by atoms with Gasteiger partial charge in [0.05, 0.1) is 18.8 Å². The van der Waals surface area contributed by atoms with E-state index in [-0.39, 0.29) is 5.91 Å². The van der Waals surface area contributed by atoms with Gasteiger partial charge < -0.3 is 19.6 Å². The van der Waals surface area contributed by atoms with Crippen LogP contribution in [0.15, 0.2) is 34.7 Å². The van der Waals surface area contributed by atoms with Gasteiger partial charge in [-0.1, -0.05) is 0 Å². The highest BCUT2D eigenvalue weighted by Gasteiger charge is 2.15. The van der Waals surface area contributed by atoms with Crippen molar-refractivity contribution >= 4 is 11.9 Å². The maximum Gasteiger partial charge on any atom is 0.337 e. The fourth-order valence-electron chi connectivity index (χ4n) is 2.44. The molecule has 0 radical (unpaired) electrons. The highest BCUT2D eigenvalue weighted by molar-refractivity contribution is 5.96. The topological polar surface area (TPSA) is 88.8 Å². The monoisotopic (exact) mass is 331 g/mol. The van der Waals surface area contributed by atoms with E-state index in [0.29, 0.717) is 29.9 Å². The number of aryl methyl sites for hydroxylation is 2. The van der Waals surface area contributed by atoms with Gasteiger partial charge in [0.25, 0.3) is 5.91 Å². The molecule has 0 unspecified atom stereocenters. The van der Waals surface area contributed by atoms with Gasteiger partial charge in [0.2, 0.25) is 0 Å². The minimum absolute atomic E-state index is 0.265. The normalized spacial score (nSPS) is 11.8. The van der Waals surface area contributed by atoms with Crippen LogP contribution in [-0.2, 0) is 4.74 Å². The molecule has 0 aliphatic rings. The third-order valence-electron chi connectivity index (χ3n) is 3.71. The number of methoxy groups -OCH3 is 1. The quantitative estimate of drug-likeness (QED) is 0.794. The van der Waals surface area contributed by atoms with Crippen molar-refractivity contribution in [2.24, 2.45) is 0 Å². The second-order valence-electron chi connectivity index (χ2n) is 5.50. The molecule has 0 aliphatic carbocycles. The number of hydrogen-bond donors (Lipinski definition) is 2. The summed E-state index contributed by atoms with van der Waals surface area (Å²) in [5, 5.41) is 12.9. The minimum Gasteiger partial charge on any atom is -0.466 e. The lowest BCUT2D eigenvalue weighted by Gasteiger charge is -2.11. The first-order valence-electron chi connectivity index (χ1n) is 7.64. The molecular weight excluding hydrogens is 310 g/mol. The number of amides is 1.